The van der Waals surface area contributed by atoms with E-state index >= 15 is 0 Å². The zero-order chi connectivity index (χ0) is 32.1. The van der Waals surface area contributed by atoms with Crippen LogP contribution in [0.25, 0.3) is 16.8 Å². The number of nitrogens with one attached hydrogen (secondary N) is 3. The zero-order valence-corrected chi connectivity index (χ0v) is 25.0. The molecule has 0 saturated carbocycles. The number of unbranched alkanes of at least 4 members (excludes halogenated alkanes) is 1. The first-order valence-electron chi connectivity index (χ1n) is 14.4. The second-order valence-corrected chi connectivity index (χ2v) is 10.6. The van der Waals surface area contributed by atoms with E-state index in [2.05, 4.69) is 45.8 Å². The normalized spacial score (nSPS) is 17.6. The van der Waals surface area contributed by atoms with E-state index in [4.69, 9.17) is 4.74 Å². The summed E-state index contributed by atoms with van der Waals surface area (Å²) >= 11 is 0. The number of nitrogens with zero attached hydrogens (tertiary/aromatic N) is 2. The van der Waals surface area contributed by atoms with Gasteiger partial charge in [0.05, 0.1) is 24.9 Å². The highest BCUT2D eigenvalue weighted by Gasteiger charge is 2.48. The Kier molecular flexibility index (Phi) is 8.86. The number of carbonyl (C=O) groups excluding carboxylic acids is 3. The van der Waals surface area contributed by atoms with E-state index < -0.39 is 29.2 Å². The van der Waals surface area contributed by atoms with Crippen molar-refractivity contribution in [1.29, 1.82) is 0 Å². The summed E-state index contributed by atoms with van der Waals surface area (Å²) in [6, 6.07) is 12.5. The second-order valence-electron chi connectivity index (χ2n) is 10.6. The number of hydrogen-bond donors (Lipinski definition) is 4. The number of halogens is 1. The molecule has 1 aromatic heterocycles. The van der Waals surface area contributed by atoms with Crippen molar-refractivity contribution in [2.24, 2.45) is 0 Å². The molecule has 0 bridgehead atoms. The lowest BCUT2D eigenvalue weighted by molar-refractivity contribution is -0.122. The van der Waals surface area contributed by atoms with Gasteiger partial charge in [-0.15, -0.1) is 0 Å². The van der Waals surface area contributed by atoms with Gasteiger partial charge >= 0.3 is 6.03 Å². The first-order chi connectivity index (χ1) is 21.7. The van der Waals surface area contributed by atoms with Gasteiger partial charge in [-0.25, -0.2) is 14.2 Å². The van der Waals surface area contributed by atoms with Gasteiger partial charge in [-0.2, -0.15) is 0 Å². The minimum atomic E-state index is -1.76. The van der Waals surface area contributed by atoms with Gasteiger partial charge in [0, 0.05) is 36.5 Å². The predicted molar refractivity (Wildman–Crippen MR) is 166 cm³/mol. The standard InChI is InChI=1S/C34H32FN5O5/c1-4-5-6-7-23(18-36-2)25-13-14-26(41)30(37-25)22-10-8-21(9-11-22)16-17-34(32(43)38-33(44)39-34)20-40-19-24-12-15-27(45-3)29(35)28(24)31(40)42/h6-15,18,36,41H,4-5,19-20H2,1-3H3,(H2,38,39,43,44)/b7-6+,23-18+/t34-/m1/s1. The summed E-state index contributed by atoms with van der Waals surface area (Å²) in [4.78, 5) is 44.3. The van der Waals surface area contributed by atoms with Gasteiger partial charge in [0.1, 0.15) is 11.4 Å². The van der Waals surface area contributed by atoms with Gasteiger partial charge < -0.3 is 25.4 Å². The summed E-state index contributed by atoms with van der Waals surface area (Å²) < 4.78 is 19.9. The molecule has 2 aromatic carbocycles. The maximum atomic E-state index is 14.9. The van der Waals surface area contributed by atoms with E-state index in [1.807, 2.05) is 12.3 Å². The average Bonchev–Trinajstić information content (AvgIpc) is 3.50. The van der Waals surface area contributed by atoms with E-state index in [9.17, 15) is 23.9 Å². The van der Waals surface area contributed by atoms with Crippen molar-refractivity contribution < 1.29 is 28.6 Å². The molecule has 0 aliphatic carbocycles. The molecule has 1 atom stereocenters. The number of aromatic nitrogens is 1. The smallest absolute Gasteiger partial charge is 0.323 e. The number of carbonyl (C=O) groups is 3. The molecule has 10 nitrogen and oxygen atoms in total. The molecule has 3 aromatic rings. The van der Waals surface area contributed by atoms with Gasteiger partial charge in [0.15, 0.2) is 11.6 Å². The molecule has 1 fully saturated rings. The van der Waals surface area contributed by atoms with Crippen LogP contribution in [-0.2, 0) is 11.3 Å². The Morgan fingerprint density at radius 2 is 1.96 bits per heavy atom. The number of methoxy groups -OCH3 is 1. The topological polar surface area (TPSA) is 133 Å². The Morgan fingerprint density at radius 1 is 1.18 bits per heavy atom. The lowest BCUT2D eigenvalue weighted by Gasteiger charge is -2.26. The van der Waals surface area contributed by atoms with Crippen LogP contribution >= 0.6 is 0 Å². The Balaban J connectivity index is 1.40. The highest BCUT2D eigenvalue weighted by atomic mass is 19.1. The first-order valence-corrected chi connectivity index (χ1v) is 14.4. The fourth-order valence-corrected chi connectivity index (χ4v) is 5.15. The summed E-state index contributed by atoms with van der Waals surface area (Å²) in [6.45, 7) is 1.83. The number of amides is 4. The van der Waals surface area contributed by atoms with E-state index in [1.54, 1.807) is 49.5 Å². The number of hydrogen-bond acceptors (Lipinski definition) is 7. The largest absolute Gasteiger partial charge is 0.506 e. The molecule has 0 spiro atoms. The van der Waals surface area contributed by atoms with Crippen LogP contribution < -0.4 is 20.7 Å². The fraction of sp³-hybridized carbons (Fsp3) is 0.235. The van der Waals surface area contributed by atoms with Crippen molar-refractivity contribution in [3.63, 3.8) is 0 Å². The molecule has 230 valence electrons. The van der Waals surface area contributed by atoms with Crippen LogP contribution in [0.3, 0.4) is 0 Å². The van der Waals surface area contributed by atoms with Crippen LogP contribution in [0.2, 0.25) is 0 Å². The average molecular weight is 610 g/mol. The van der Waals surface area contributed by atoms with Gasteiger partial charge in [-0.05, 0) is 42.3 Å². The van der Waals surface area contributed by atoms with Gasteiger partial charge in [0.25, 0.3) is 11.8 Å². The molecule has 11 heteroatoms. The number of benzene rings is 2. The van der Waals surface area contributed by atoms with E-state index in [0.717, 1.165) is 18.4 Å². The fourth-order valence-electron chi connectivity index (χ4n) is 5.15. The van der Waals surface area contributed by atoms with E-state index in [1.165, 1.54) is 18.1 Å². The highest BCUT2D eigenvalue weighted by molar-refractivity contribution is 6.10. The third kappa shape index (κ3) is 6.21. The summed E-state index contributed by atoms with van der Waals surface area (Å²) in [5.41, 5.74) is 1.61. The molecule has 1 saturated heterocycles. The third-order valence-corrected chi connectivity index (χ3v) is 7.45. The summed E-state index contributed by atoms with van der Waals surface area (Å²) in [5.74, 6) is 3.57. The highest BCUT2D eigenvalue weighted by Crippen LogP contribution is 2.32. The van der Waals surface area contributed by atoms with Crippen molar-refractivity contribution in [3.8, 4) is 34.6 Å². The van der Waals surface area contributed by atoms with Crippen molar-refractivity contribution in [2.75, 3.05) is 20.7 Å². The summed E-state index contributed by atoms with van der Waals surface area (Å²) in [5, 5.41) is 18.4. The molecule has 3 heterocycles. The van der Waals surface area contributed by atoms with Crippen LogP contribution in [0.5, 0.6) is 11.5 Å². The van der Waals surface area contributed by atoms with Crippen LogP contribution in [0, 0.1) is 17.7 Å². The van der Waals surface area contributed by atoms with Gasteiger partial charge in [0.2, 0.25) is 5.54 Å². The van der Waals surface area contributed by atoms with Crippen LogP contribution in [0.4, 0.5) is 9.18 Å². The van der Waals surface area contributed by atoms with Gasteiger partial charge in [-0.1, -0.05) is 55.5 Å². The van der Waals surface area contributed by atoms with E-state index in [-0.39, 0.29) is 30.2 Å². The van der Waals surface area contributed by atoms with Crippen LogP contribution in [0.1, 0.15) is 46.9 Å². The number of aromatic hydroxyl groups is 1. The molecule has 2 aliphatic heterocycles. The molecule has 4 N–H and O–H groups in total. The van der Waals surface area contributed by atoms with Crippen molar-refractivity contribution in [3.05, 3.63) is 95.1 Å². The Morgan fingerprint density at radius 3 is 2.62 bits per heavy atom. The maximum Gasteiger partial charge on any atom is 0.323 e. The number of allylic oxidation sites excluding steroid dienone is 3. The number of pyridine rings is 1. The maximum absolute atomic E-state index is 14.9. The quantitative estimate of drug-likeness (QED) is 0.163. The summed E-state index contributed by atoms with van der Waals surface area (Å²) in [7, 11) is 3.11. The molecule has 0 radical (unpaired) electrons. The molecule has 2 aliphatic rings. The van der Waals surface area contributed by atoms with Gasteiger partial charge in [-0.3, -0.25) is 14.9 Å². The molecular weight excluding hydrogens is 577 g/mol. The SMILES string of the molecule is CCC/C=C/C(=C\NC)c1ccc(O)c(-c2ccc(C#C[C@]3(CN4Cc5ccc(OC)c(F)c5C4=O)NC(=O)NC3=O)cc2)n1. The Labute approximate surface area is 260 Å². The molecule has 0 unspecified atom stereocenters. The van der Waals surface area contributed by atoms with Crippen molar-refractivity contribution in [1.82, 2.24) is 25.8 Å². The number of fused-ring (bicyclic) bond motifs is 1. The monoisotopic (exact) mass is 609 g/mol. The first kappa shape index (κ1) is 30.8. The molecule has 5 rings (SSSR count). The van der Waals surface area contributed by atoms with Crippen LogP contribution in [-0.4, -0.2) is 59.1 Å². The third-order valence-electron chi connectivity index (χ3n) is 7.45. The lowest BCUT2D eigenvalue weighted by atomic mass is 9.98. The number of ether oxygens (including phenoxy) is 1. The Hall–Kier alpha value is -5.63. The minimum Gasteiger partial charge on any atom is -0.506 e. The van der Waals surface area contributed by atoms with Crippen molar-refractivity contribution >= 4 is 23.4 Å². The zero-order valence-electron chi connectivity index (χ0n) is 25.0. The number of urea groups is 1. The number of rotatable bonds is 9. The number of imide groups is 1. The summed E-state index contributed by atoms with van der Waals surface area (Å²) in [6.07, 6.45) is 7.83. The predicted octanol–water partition coefficient (Wildman–Crippen LogP) is 4.10. The van der Waals surface area contributed by atoms with E-state index in [0.29, 0.717) is 28.1 Å². The van der Waals surface area contributed by atoms with Crippen LogP contribution in [0.15, 0.2) is 66.9 Å². The lowest BCUT2D eigenvalue weighted by Crippen LogP contribution is -2.54. The Bertz CT molecular complexity index is 1790. The minimum absolute atomic E-state index is 0.00792. The molecular formula is C34H32FN5O5. The second kappa shape index (κ2) is 12.9. The molecule has 45 heavy (non-hydrogen) atoms. The molecule has 4 amide bonds. The van der Waals surface area contributed by atoms with Crippen molar-refractivity contribution in [2.45, 2.75) is 31.8 Å².